The SMILES string of the molecule is CC(C)(C)[Si](C)(C)OC(CCC1C(=O)N(c2ccc(F)cc2)C1c1ccc(OCCCN)cc1OCc1ccccc1)c1ccc(F)cc1.O=S(=O)(O)O. The van der Waals surface area contributed by atoms with Gasteiger partial charge in [0.05, 0.1) is 24.7 Å². The lowest BCUT2D eigenvalue weighted by atomic mass is 9.78. The lowest BCUT2D eigenvalue weighted by molar-refractivity contribution is -0.131. The molecule has 14 heteroatoms. The van der Waals surface area contributed by atoms with Crippen molar-refractivity contribution >= 4 is 30.3 Å². The molecule has 4 aromatic rings. The van der Waals surface area contributed by atoms with Crippen LogP contribution in [0.3, 0.4) is 0 Å². The zero-order chi connectivity index (χ0) is 39.7. The van der Waals surface area contributed by atoms with Crippen LogP contribution in [0.25, 0.3) is 0 Å². The average Bonchev–Trinajstić information content (AvgIpc) is 3.10. The normalized spacial score (nSPS) is 16.6. The van der Waals surface area contributed by atoms with Crippen molar-refractivity contribution < 1.29 is 45.0 Å². The van der Waals surface area contributed by atoms with Gasteiger partial charge in [-0.2, -0.15) is 8.42 Å². The Kier molecular flexibility index (Phi) is 14.5. The predicted molar refractivity (Wildman–Crippen MR) is 207 cm³/mol. The van der Waals surface area contributed by atoms with Gasteiger partial charge < -0.3 is 24.5 Å². The molecule has 1 fully saturated rings. The van der Waals surface area contributed by atoms with Crippen molar-refractivity contribution in [3.8, 4) is 11.5 Å². The summed E-state index contributed by atoms with van der Waals surface area (Å²) in [7, 11) is -6.90. The average molecular weight is 785 g/mol. The zero-order valence-corrected chi connectivity index (χ0v) is 33.1. The minimum atomic E-state index is -4.67. The molecular formula is C40H50F2N2O8SSi. The molecule has 54 heavy (non-hydrogen) atoms. The molecule has 0 aromatic heterocycles. The number of halogens is 2. The van der Waals surface area contributed by atoms with E-state index in [1.165, 1.54) is 24.3 Å². The summed E-state index contributed by atoms with van der Waals surface area (Å²) < 4.78 is 78.9. The van der Waals surface area contributed by atoms with E-state index in [9.17, 15) is 13.6 Å². The first kappa shape index (κ1) is 42.6. The first-order valence-electron chi connectivity index (χ1n) is 17.7. The summed E-state index contributed by atoms with van der Waals surface area (Å²) in [6.45, 7) is 12.3. The lowest BCUT2D eigenvalue weighted by Crippen LogP contribution is -2.55. The standard InChI is InChI=1S/C40H48F2N2O4Si.H2O4S/c1-40(2,3)49(4,5)48-36(29-12-14-30(41)15-13-29)23-22-35-38(44(39(35)45)32-18-16-31(42)17-19-32)34-21-20-33(46-25-9-24-43)26-37(34)47-27-28-10-7-6-8-11-28;1-5(2,3)4/h6-8,10-21,26,35-36,38H,9,22-25,27,43H2,1-5H3;(H2,1,2,3,4). The van der Waals surface area contributed by atoms with E-state index in [0.717, 1.165) is 16.7 Å². The summed E-state index contributed by atoms with van der Waals surface area (Å²) >= 11 is 0. The fraction of sp³-hybridized carbons (Fsp3) is 0.375. The number of benzene rings is 4. The number of hydrogen-bond acceptors (Lipinski definition) is 7. The summed E-state index contributed by atoms with van der Waals surface area (Å²) in [5.74, 6) is 0.113. The van der Waals surface area contributed by atoms with Crippen LogP contribution in [-0.2, 0) is 26.2 Å². The Morgan fingerprint density at radius 2 is 1.48 bits per heavy atom. The number of ether oxygens (including phenoxy) is 2. The highest BCUT2D eigenvalue weighted by atomic mass is 32.3. The first-order chi connectivity index (χ1) is 25.4. The Morgan fingerprint density at radius 1 is 0.889 bits per heavy atom. The largest absolute Gasteiger partial charge is 0.493 e. The first-order valence-corrected chi connectivity index (χ1v) is 22.0. The van der Waals surface area contributed by atoms with Crippen LogP contribution in [0.5, 0.6) is 11.5 Å². The maximum Gasteiger partial charge on any atom is 0.394 e. The molecule has 3 atom stereocenters. The second-order valence-electron chi connectivity index (χ2n) is 14.6. The van der Waals surface area contributed by atoms with Gasteiger partial charge in [-0.3, -0.25) is 13.9 Å². The number of rotatable bonds is 15. The maximum absolute atomic E-state index is 14.1. The van der Waals surface area contributed by atoms with Gasteiger partial charge >= 0.3 is 10.4 Å². The third kappa shape index (κ3) is 11.9. The van der Waals surface area contributed by atoms with Gasteiger partial charge in [-0.25, -0.2) is 8.78 Å². The van der Waals surface area contributed by atoms with E-state index >= 15 is 0 Å². The van der Waals surface area contributed by atoms with Gasteiger partial charge in [-0.15, -0.1) is 0 Å². The van der Waals surface area contributed by atoms with Gasteiger partial charge in [0.1, 0.15) is 29.7 Å². The third-order valence-corrected chi connectivity index (χ3v) is 14.2. The number of anilines is 1. The molecular weight excluding hydrogens is 735 g/mol. The number of carbonyl (C=O) groups is 1. The Balaban J connectivity index is 0.00000122. The molecule has 5 rings (SSSR count). The molecule has 0 bridgehead atoms. The van der Waals surface area contributed by atoms with Gasteiger partial charge in [-0.1, -0.05) is 63.2 Å². The van der Waals surface area contributed by atoms with Crippen LogP contribution in [0.15, 0.2) is 97.1 Å². The van der Waals surface area contributed by atoms with E-state index in [1.807, 2.05) is 48.5 Å². The van der Waals surface area contributed by atoms with Gasteiger partial charge in [0, 0.05) is 17.3 Å². The van der Waals surface area contributed by atoms with E-state index in [0.29, 0.717) is 56.2 Å². The van der Waals surface area contributed by atoms with E-state index in [-0.39, 0.29) is 34.7 Å². The van der Waals surface area contributed by atoms with Crippen molar-refractivity contribution in [2.45, 2.75) is 76.9 Å². The highest BCUT2D eigenvalue weighted by Crippen LogP contribution is 2.50. The van der Waals surface area contributed by atoms with E-state index in [4.69, 9.17) is 37.2 Å². The third-order valence-electron chi connectivity index (χ3n) is 9.70. The van der Waals surface area contributed by atoms with E-state index in [2.05, 4.69) is 33.9 Å². The Labute approximate surface area is 318 Å². The molecule has 0 radical (unpaired) electrons. The molecule has 1 heterocycles. The predicted octanol–water partition coefficient (Wildman–Crippen LogP) is 8.87. The number of hydrogen-bond donors (Lipinski definition) is 3. The molecule has 4 N–H and O–H groups in total. The molecule has 0 saturated carbocycles. The van der Waals surface area contributed by atoms with Crippen LogP contribution in [0.2, 0.25) is 18.1 Å². The van der Waals surface area contributed by atoms with Crippen molar-refractivity contribution in [3.05, 3.63) is 125 Å². The second-order valence-corrected chi connectivity index (χ2v) is 20.3. The molecule has 1 saturated heterocycles. The Hall–Kier alpha value is -4.18. The molecule has 0 spiro atoms. The monoisotopic (exact) mass is 784 g/mol. The van der Waals surface area contributed by atoms with Crippen molar-refractivity contribution in [1.29, 1.82) is 0 Å². The Morgan fingerprint density at radius 3 is 2.06 bits per heavy atom. The van der Waals surface area contributed by atoms with E-state index in [1.54, 1.807) is 29.2 Å². The maximum atomic E-state index is 14.1. The van der Waals surface area contributed by atoms with Gasteiger partial charge in [0.2, 0.25) is 5.91 Å². The highest BCUT2D eigenvalue weighted by Gasteiger charge is 2.50. The van der Waals surface area contributed by atoms with Crippen molar-refractivity contribution in [2.75, 3.05) is 18.1 Å². The van der Waals surface area contributed by atoms with Crippen molar-refractivity contribution in [3.63, 3.8) is 0 Å². The van der Waals surface area contributed by atoms with Gasteiger partial charge in [0.15, 0.2) is 8.32 Å². The summed E-state index contributed by atoms with van der Waals surface area (Å²) in [6, 6.07) is 27.7. The summed E-state index contributed by atoms with van der Waals surface area (Å²) in [4.78, 5) is 15.8. The number of carbonyl (C=O) groups excluding carboxylic acids is 1. The molecule has 1 aliphatic rings. The Bertz CT molecular complexity index is 1920. The molecule has 1 aliphatic heterocycles. The van der Waals surface area contributed by atoms with Crippen LogP contribution >= 0.6 is 0 Å². The molecule has 0 aliphatic carbocycles. The smallest absolute Gasteiger partial charge is 0.394 e. The summed E-state index contributed by atoms with van der Waals surface area (Å²) in [5.41, 5.74) is 9.02. The van der Waals surface area contributed by atoms with Crippen LogP contribution in [-0.4, -0.2) is 44.9 Å². The number of nitrogens with zero attached hydrogens (tertiary/aromatic N) is 1. The number of amides is 1. The van der Waals surface area contributed by atoms with Crippen LogP contribution in [0, 0.1) is 17.6 Å². The lowest BCUT2D eigenvalue weighted by Gasteiger charge is -2.48. The van der Waals surface area contributed by atoms with Crippen molar-refractivity contribution in [1.82, 2.24) is 0 Å². The van der Waals surface area contributed by atoms with Gasteiger partial charge in [0.25, 0.3) is 0 Å². The fourth-order valence-corrected chi connectivity index (χ4v) is 7.21. The molecule has 292 valence electrons. The minimum Gasteiger partial charge on any atom is -0.493 e. The number of nitrogens with two attached hydrogens (primary N) is 1. The number of β-lactam (4-membered cyclic amide) rings is 1. The fourth-order valence-electron chi connectivity index (χ4n) is 5.89. The van der Waals surface area contributed by atoms with Gasteiger partial charge in [-0.05, 0) is 104 Å². The second kappa shape index (κ2) is 18.4. The van der Waals surface area contributed by atoms with E-state index < -0.39 is 24.6 Å². The molecule has 1 amide bonds. The van der Waals surface area contributed by atoms with Crippen LogP contribution in [0.1, 0.15) is 68.9 Å². The van der Waals surface area contributed by atoms with Crippen LogP contribution in [0.4, 0.5) is 14.5 Å². The highest BCUT2D eigenvalue weighted by molar-refractivity contribution is 7.79. The van der Waals surface area contributed by atoms with Crippen LogP contribution < -0.4 is 20.1 Å². The van der Waals surface area contributed by atoms with Crippen molar-refractivity contribution in [2.24, 2.45) is 11.7 Å². The summed E-state index contributed by atoms with van der Waals surface area (Å²) in [6.07, 6.45) is 1.47. The molecule has 4 aromatic carbocycles. The quantitative estimate of drug-likeness (QED) is 0.0465. The minimum absolute atomic E-state index is 0.0432. The molecule has 3 unspecified atom stereocenters. The molecule has 10 nitrogen and oxygen atoms in total. The summed E-state index contributed by atoms with van der Waals surface area (Å²) in [5, 5.41) is -0.0432. The topological polar surface area (TPSA) is 149 Å². The zero-order valence-electron chi connectivity index (χ0n) is 31.2.